The molecular weight excluding hydrogens is 122 g/mol. The molecule has 0 bridgehead atoms. The van der Waals surface area contributed by atoms with E-state index in [-0.39, 0.29) is 5.91 Å². The lowest BCUT2D eigenvalue weighted by molar-refractivity contribution is -0.119. The van der Waals surface area contributed by atoms with E-state index in [4.69, 9.17) is 0 Å². The van der Waals surface area contributed by atoms with Crippen LogP contribution in [0.3, 0.4) is 0 Å². The Balaban J connectivity index is 2.34. The van der Waals surface area contributed by atoms with Crippen LogP contribution in [-0.4, -0.2) is 23.5 Å². The van der Waals surface area contributed by atoms with E-state index in [9.17, 15) is 4.79 Å². The molecule has 8 heavy (non-hydrogen) atoms. The average Bonchev–Trinajstić information content (AvgIpc) is 1.64. The Hall–Kier alpha value is -0.180. The van der Waals surface area contributed by atoms with Crippen LogP contribution >= 0.6 is 11.8 Å². The quantitative estimate of drug-likeness (QED) is 0.510. The van der Waals surface area contributed by atoms with E-state index in [2.05, 4.69) is 5.32 Å². The molecule has 1 aliphatic heterocycles. The maximum atomic E-state index is 10.5. The molecule has 0 radical (unpaired) electrons. The predicted molar refractivity (Wildman–Crippen MR) is 34.9 cm³/mol. The van der Waals surface area contributed by atoms with E-state index < -0.39 is 0 Å². The van der Waals surface area contributed by atoms with Gasteiger partial charge in [-0.2, -0.15) is 0 Å². The molecule has 1 N–H and O–H groups in total. The first-order valence-electron chi connectivity index (χ1n) is 2.66. The summed E-state index contributed by atoms with van der Waals surface area (Å²) in [6.45, 7) is 2.02. The minimum absolute atomic E-state index is 0.175. The summed E-state index contributed by atoms with van der Waals surface area (Å²) in [7, 11) is 0. The first-order valence-corrected chi connectivity index (χ1v) is 3.81. The molecule has 0 aliphatic carbocycles. The van der Waals surface area contributed by atoms with Crippen molar-refractivity contribution >= 4 is 17.7 Å². The maximum absolute atomic E-state index is 10.5. The molecule has 3 heteroatoms. The zero-order valence-corrected chi connectivity index (χ0v) is 5.62. The van der Waals surface area contributed by atoms with Crippen molar-refractivity contribution < 1.29 is 4.79 Å². The van der Waals surface area contributed by atoms with Crippen molar-refractivity contribution in [1.29, 1.82) is 0 Å². The van der Waals surface area contributed by atoms with Gasteiger partial charge in [-0.15, -0.1) is 11.8 Å². The van der Waals surface area contributed by atoms with Gasteiger partial charge in [-0.3, -0.25) is 4.79 Å². The van der Waals surface area contributed by atoms with Gasteiger partial charge in [0, 0.05) is 11.8 Å². The molecule has 1 atom stereocenters. The van der Waals surface area contributed by atoms with Crippen molar-refractivity contribution in [3.63, 3.8) is 0 Å². The molecule has 1 saturated heterocycles. The standard InChI is InChI=1S/C5H9NOS/c1-4-2-8-3-5(7)6-4/h4H,2-3H2,1H3,(H,6,7)/t4-/m0/s1. The Morgan fingerprint density at radius 3 is 3.00 bits per heavy atom. The number of nitrogens with one attached hydrogen (secondary N) is 1. The summed E-state index contributed by atoms with van der Waals surface area (Å²) in [6.07, 6.45) is 0. The number of carbonyl (C=O) groups is 1. The highest BCUT2D eigenvalue weighted by atomic mass is 32.2. The Morgan fingerprint density at radius 2 is 2.62 bits per heavy atom. The molecule has 0 aromatic heterocycles. The third kappa shape index (κ3) is 1.40. The van der Waals surface area contributed by atoms with Crippen LogP contribution in [0.4, 0.5) is 0 Å². The topological polar surface area (TPSA) is 29.1 Å². The summed E-state index contributed by atoms with van der Waals surface area (Å²) in [5.74, 6) is 1.88. The first kappa shape index (κ1) is 5.95. The van der Waals surface area contributed by atoms with Gasteiger partial charge < -0.3 is 5.32 Å². The Kier molecular flexibility index (Phi) is 1.78. The van der Waals surface area contributed by atoms with Gasteiger partial charge in [0.15, 0.2) is 0 Å². The molecule has 1 fully saturated rings. The zero-order valence-electron chi connectivity index (χ0n) is 4.81. The summed E-state index contributed by atoms with van der Waals surface area (Å²) in [6, 6.07) is 0.376. The van der Waals surface area contributed by atoms with Crippen LogP contribution in [0.2, 0.25) is 0 Å². The smallest absolute Gasteiger partial charge is 0.230 e. The highest BCUT2D eigenvalue weighted by Crippen LogP contribution is 2.06. The summed E-state index contributed by atoms with van der Waals surface area (Å²) in [5, 5.41) is 2.82. The molecule has 0 aromatic rings. The number of hydrogen-bond donors (Lipinski definition) is 1. The fraction of sp³-hybridized carbons (Fsp3) is 0.800. The fourth-order valence-corrected chi connectivity index (χ4v) is 1.51. The molecule has 1 rings (SSSR count). The van der Waals surface area contributed by atoms with Gasteiger partial charge in [0.1, 0.15) is 0 Å². The van der Waals surface area contributed by atoms with Crippen LogP contribution in [0, 0.1) is 0 Å². The second-order valence-corrected chi connectivity index (χ2v) is 3.01. The van der Waals surface area contributed by atoms with E-state index in [1.54, 1.807) is 11.8 Å². The van der Waals surface area contributed by atoms with Gasteiger partial charge in [0.05, 0.1) is 5.75 Å². The maximum Gasteiger partial charge on any atom is 0.230 e. The normalized spacial score (nSPS) is 29.6. The lowest BCUT2D eigenvalue weighted by atomic mass is 10.4. The molecule has 1 aliphatic rings. The SMILES string of the molecule is C[C@H]1CSCC(=O)N1. The van der Waals surface area contributed by atoms with Crippen molar-refractivity contribution in [3.8, 4) is 0 Å². The van der Waals surface area contributed by atoms with Gasteiger partial charge in [0.2, 0.25) is 5.91 Å². The van der Waals surface area contributed by atoms with Crippen molar-refractivity contribution in [2.45, 2.75) is 13.0 Å². The molecule has 0 unspecified atom stereocenters. The Labute approximate surface area is 53.0 Å². The zero-order chi connectivity index (χ0) is 5.98. The summed E-state index contributed by atoms with van der Waals surface area (Å²) < 4.78 is 0. The molecule has 2 nitrogen and oxygen atoms in total. The van der Waals surface area contributed by atoms with Gasteiger partial charge in [-0.1, -0.05) is 0 Å². The predicted octanol–water partition coefficient (Wildman–Crippen LogP) is 0.238. The fourth-order valence-electron chi connectivity index (χ4n) is 0.687. The van der Waals surface area contributed by atoms with Crippen molar-refractivity contribution in [2.75, 3.05) is 11.5 Å². The summed E-state index contributed by atoms with van der Waals surface area (Å²) in [4.78, 5) is 10.5. The van der Waals surface area contributed by atoms with Crippen LogP contribution < -0.4 is 5.32 Å². The van der Waals surface area contributed by atoms with E-state index >= 15 is 0 Å². The van der Waals surface area contributed by atoms with Gasteiger partial charge in [0.25, 0.3) is 0 Å². The molecule has 46 valence electrons. The van der Waals surface area contributed by atoms with Gasteiger partial charge >= 0.3 is 0 Å². The highest BCUT2D eigenvalue weighted by Gasteiger charge is 2.12. The van der Waals surface area contributed by atoms with Gasteiger partial charge in [-0.25, -0.2) is 0 Å². The monoisotopic (exact) mass is 131 g/mol. The number of amides is 1. The Morgan fingerprint density at radius 1 is 1.88 bits per heavy atom. The van der Waals surface area contributed by atoms with Crippen LogP contribution in [0.25, 0.3) is 0 Å². The second kappa shape index (κ2) is 2.40. The third-order valence-corrected chi connectivity index (χ3v) is 2.21. The van der Waals surface area contributed by atoms with E-state index in [1.165, 1.54) is 0 Å². The van der Waals surface area contributed by atoms with E-state index in [0.29, 0.717) is 11.8 Å². The molecule has 0 aromatic carbocycles. The number of carbonyl (C=O) groups excluding carboxylic acids is 1. The van der Waals surface area contributed by atoms with Crippen LogP contribution in [0.5, 0.6) is 0 Å². The lowest BCUT2D eigenvalue weighted by Gasteiger charge is -2.17. The number of rotatable bonds is 0. The number of hydrogen-bond acceptors (Lipinski definition) is 2. The first-order chi connectivity index (χ1) is 3.79. The van der Waals surface area contributed by atoms with Crippen molar-refractivity contribution in [2.24, 2.45) is 0 Å². The minimum Gasteiger partial charge on any atom is -0.352 e. The second-order valence-electron chi connectivity index (χ2n) is 1.98. The summed E-state index contributed by atoms with van der Waals surface area (Å²) >= 11 is 1.70. The van der Waals surface area contributed by atoms with Crippen LogP contribution in [0.1, 0.15) is 6.92 Å². The highest BCUT2D eigenvalue weighted by molar-refractivity contribution is 8.00. The van der Waals surface area contributed by atoms with Crippen LogP contribution in [-0.2, 0) is 4.79 Å². The minimum atomic E-state index is 0.175. The summed E-state index contributed by atoms with van der Waals surface area (Å²) in [5.41, 5.74) is 0. The van der Waals surface area contributed by atoms with Crippen LogP contribution in [0.15, 0.2) is 0 Å². The van der Waals surface area contributed by atoms with Crippen molar-refractivity contribution in [1.82, 2.24) is 5.32 Å². The van der Waals surface area contributed by atoms with Crippen molar-refractivity contribution in [3.05, 3.63) is 0 Å². The average molecular weight is 131 g/mol. The molecule has 0 saturated carbocycles. The lowest BCUT2D eigenvalue weighted by Crippen LogP contribution is -2.39. The molecule has 1 heterocycles. The van der Waals surface area contributed by atoms with E-state index in [0.717, 1.165) is 5.75 Å². The third-order valence-electron chi connectivity index (χ3n) is 1.01. The Bertz CT molecular complexity index is 105. The van der Waals surface area contributed by atoms with Gasteiger partial charge in [-0.05, 0) is 6.92 Å². The number of thioether (sulfide) groups is 1. The molecule has 1 amide bonds. The largest absolute Gasteiger partial charge is 0.352 e. The molecule has 0 spiro atoms. The molecular formula is C5H9NOS. The van der Waals surface area contributed by atoms with E-state index in [1.807, 2.05) is 6.92 Å².